The Morgan fingerprint density at radius 1 is 1.19 bits per heavy atom. The number of carboxylic acid groups (broad SMARTS) is 1. The molecule has 0 aliphatic heterocycles. The molecular formula is C12H6F3NO4S. The number of aromatic carboxylic acids is 1. The highest BCUT2D eigenvalue weighted by Gasteiger charge is 2.23. The molecule has 0 saturated heterocycles. The van der Waals surface area contributed by atoms with E-state index in [1.807, 2.05) is 0 Å². The van der Waals surface area contributed by atoms with Gasteiger partial charge in [-0.3, -0.25) is 4.79 Å². The molecule has 2 rings (SSSR count). The normalized spacial score (nSPS) is 10.4. The van der Waals surface area contributed by atoms with E-state index >= 15 is 0 Å². The number of thiophene rings is 1. The van der Waals surface area contributed by atoms with Crippen molar-refractivity contribution < 1.29 is 33.0 Å². The first-order valence-electron chi connectivity index (χ1n) is 5.31. The first-order chi connectivity index (χ1) is 9.82. The van der Waals surface area contributed by atoms with Gasteiger partial charge in [0.1, 0.15) is 4.88 Å². The van der Waals surface area contributed by atoms with E-state index < -0.39 is 40.6 Å². The Balaban J connectivity index is 2.38. The van der Waals surface area contributed by atoms with E-state index in [4.69, 9.17) is 10.2 Å². The van der Waals surface area contributed by atoms with Gasteiger partial charge in [-0.05, 0) is 17.5 Å². The summed E-state index contributed by atoms with van der Waals surface area (Å²) in [4.78, 5) is 22.4. The molecule has 0 spiro atoms. The van der Waals surface area contributed by atoms with Crippen LogP contribution < -0.4 is 5.32 Å². The van der Waals surface area contributed by atoms with Crippen LogP contribution in [0.25, 0.3) is 0 Å². The molecule has 1 amide bonds. The SMILES string of the molecule is O=C(Nc1ccsc1C(=O)O)c1cc(F)c(F)c(O)c1F. The lowest BCUT2D eigenvalue weighted by molar-refractivity contribution is 0.0703. The topological polar surface area (TPSA) is 86.6 Å². The average molecular weight is 317 g/mol. The van der Waals surface area contributed by atoms with E-state index in [0.29, 0.717) is 0 Å². The summed E-state index contributed by atoms with van der Waals surface area (Å²) < 4.78 is 39.6. The van der Waals surface area contributed by atoms with Crippen molar-refractivity contribution in [1.29, 1.82) is 0 Å². The Morgan fingerprint density at radius 3 is 2.48 bits per heavy atom. The number of anilines is 1. The van der Waals surface area contributed by atoms with Crippen LogP contribution in [0, 0.1) is 17.5 Å². The van der Waals surface area contributed by atoms with E-state index in [1.54, 1.807) is 0 Å². The van der Waals surface area contributed by atoms with Crippen molar-refractivity contribution in [3.8, 4) is 5.75 Å². The van der Waals surface area contributed by atoms with Gasteiger partial charge in [-0.15, -0.1) is 11.3 Å². The molecule has 1 aromatic carbocycles. The number of phenolic OH excluding ortho intramolecular Hbond substituents is 1. The zero-order valence-corrected chi connectivity index (χ0v) is 10.8. The molecule has 0 radical (unpaired) electrons. The molecule has 0 atom stereocenters. The highest BCUT2D eigenvalue weighted by Crippen LogP contribution is 2.28. The molecule has 1 heterocycles. The van der Waals surface area contributed by atoms with Crippen LogP contribution >= 0.6 is 11.3 Å². The summed E-state index contributed by atoms with van der Waals surface area (Å²) in [6.07, 6.45) is 0. The first-order valence-corrected chi connectivity index (χ1v) is 6.19. The zero-order chi connectivity index (χ0) is 15.7. The summed E-state index contributed by atoms with van der Waals surface area (Å²) in [5, 5.41) is 21.3. The number of phenols is 1. The van der Waals surface area contributed by atoms with E-state index in [-0.39, 0.29) is 16.6 Å². The zero-order valence-electron chi connectivity index (χ0n) is 9.99. The number of nitrogens with one attached hydrogen (secondary N) is 1. The van der Waals surface area contributed by atoms with Gasteiger partial charge in [-0.25, -0.2) is 13.6 Å². The lowest BCUT2D eigenvalue weighted by atomic mass is 10.1. The van der Waals surface area contributed by atoms with Crippen LogP contribution in [0.3, 0.4) is 0 Å². The highest BCUT2D eigenvalue weighted by atomic mass is 32.1. The van der Waals surface area contributed by atoms with Gasteiger partial charge in [0.05, 0.1) is 11.3 Å². The van der Waals surface area contributed by atoms with Gasteiger partial charge in [0.2, 0.25) is 5.82 Å². The third-order valence-electron chi connectivity index (χ3n) is 2.49. The third kappa shape index (κ3) is 2.68. The number of carbonyl (C=O) groups is 2. The Hall–Kier alpha value is -2.55. The number of rotatable bonds is 3. The number of carbonyl (C=O) groups excluding carboxylic acids is 1. The van der Waals surface area contributed by atoms with Crippen molar-refractivity contribution in [3.63, 3.8) is 0 Å². The quantitative estimate of drug-likeness (QED) is 0.760. The minimum absolute atomic E-state index is 0.124. The van der Waals surface area contributed by atoms with Crippen LogP contribution in [-0.2, 0) is 0 Å². The second-order valence-electron chi connectivity index (χ2n) is 3.81. The fourth-order valence-electron chi connectivity index (χ4n) is 1.52. The van der Waals surface area contributed by atoms with E-state index in [1.165, 1.54) is 11.4 Å². The van der Waals surface area contributed by atoms with Crippen molar-refractivity contribution in [3.05, 3.63) is 45.4 Å². The number of amides is 1. The second-order valence-corrected chi connectivity index (χ2v) is 4.72. The van der Waals surface area contributed by atoms with Crippen molar-refractivity contribution >= 4 is 28.9 Å². The largest absolute Gasteiger partial charge is 0.503 e. The van der Waals surface area contributed by atoms with Crippen LogP contribution in [0.4, 0.5) is 18.9 Å². The van der Waals surface area contributed by atoms with Gasteiger partial charge in [0, 0.05) is 0 Å². The average Bonchev–Trinajstić information content (AvgIpc) is 2.88. The molecule has 110 valence electrons. The number of benzene rings is 1. The summed E-state index contributed by atoms with van der Waals surface area (Å²) in [5.41, 5.74) is -1.07. The molecule has 0 unspecified atom stereocenters. The summed E-state index contributed by atoms with van der Waals surface area (Å²) >= 11 is 0.816. The molecule has 0 aliphatic carbocycles. The van der Waals surface area contributed by atoms with Crippen molar-refractivity contribution in [2.24, 2.45) is 0 Å². The Bertz CT molecular complexity index is 744. The number of halogens is 3. The van der Waals surface area contributed by atoms with Gasteiger partial charge in [0.15, 0.2) is 17.4 Å². The van der Waals surface area contributed by atoms with Crippen molar-refractivity contribution in [1.82, 2.24) is 0 Å². The number of hydrogen-bond donors (Lipinski definition) is 3. The summed E-state index contributed by atoms with van der Waals surface area (Å²) in [6, 6.07) is 1.52. The molecule has 21 heavy (non-hydrogen) atoms. The summed E-state index contributed by atoms with van der Waals surface area (Å²) in [6.45, 7) is 0. The molecule has 5 nitrogen and oxygen atoms in total. The van der Waals surface area contributed by atoms with Crippen LogP contribution in [0.15, 0.2) is 17.5 Å². The molecule has 9 heteroatoms. The van der Waals surface area contributed by atoms with Crippen LogP contribution in [0.2, 0.25) is 0 Å². The summed E-state index contributed by atoms with van der Waals surface area (Å²) in [7, 11) is 0. The molecular weight excluding hydrogens is 311 g/mol. The van der Waals surface area contributed by atoms with Crippen molar-refractivity contribution in [2.45, 2.75) is 0 Å². The first kappa shape index (κ1) is 14.9. The minimum atomic E-state index is -1.81. The fourth-order valence-corrected chi connectivity index (χ4v) is 2.21. The second kappa shape index (κ2) is 5.44. The minimum Gasteiger partial charge on any atom is -0.503 e. The standard InChI is InChI=1S/C12H6F3NO4S/c13-5-3-4(7(14)9(17)8(5)15)11(18)16-6-1-2-21-10(6)12(19)20/h1-3,17H,(H,16,18)(H,19,20). The number of aromatic hydroxyl groups is 1. The maximum absolute atomic E-state index is 13.5. The molecule has 0 bridgehead atoms. The third-order valence-corrected chi connectivity index (χ3v) is 3.39. The van der Waals surface area contributed by atoms with Gasteiger partial charge in [-0.1, -0.05) is 0 Å². The molecule has 0 saturated carbocycles. The molecule has 1 aromatic heterocycles. The maximum atomic E-state index is 13.5. The van der Waals surface area contributed by atoms with Crippen LogP contribution in [0.1, 0.15) is 20.0 Å². The molecule has 2 aromatic rings. The van der Waals surface area contributed by atoms with Gasteiger partial charge in [-0.2, -0.15) is 4.39 Å². The lowest BCUT2D eigenvalue weighted by Gasteiger charge is -2.07. The van der Waals surface area contributed by atoms with Gasteiger partial charge >= 0.3 is 5.97 Å². The van der Waals surface area contributed by atoms with Crippen LogP contribution in [0.5, 0.6) is 5.75 Å². The fraction of sp³-hybridized carbons (Fsp3) is 0. The predicted molar refractivity (Wildman–Crippen MR) is 67.2 cm³/mol. The summed E-state index contributed by atoms with van der Waals surface area (Å²) in [5.74, 6) is -9.22. The monoisotopic (exact) mass is 317 g/mol. The van der Waals surface area contributed by atoms with E-state index in [0.717, 1.165) is 11.3 Å². The van der Waals surface area contributed by atoms with E-state index in [2.05, 4.69) is 5.32 Å². The van der Waals surface area contributed by atoms with Gasteiger partial charge < -0.3 is 15.5 Å². The number of carboxylic acids is 1. The van der Waals surface area contributed by atoms with E-state index in [9.17, 15) is 22.8 Å². The smallest absolute Gasteiger partial charge is 0.348 e. The molecule has 3 N–H and O–H groups in total. The lowest BCUT2D eigenvalue weighted by Crippen LogP contribution is -2.16. The Kier molecular flexibility index (Phi) is 3.85. The Morgan fingerprint density at radius 2 is 1.86 bits per heavy atom. The van der Waals surface area contributed by atoms with Crippen LogP contribution in [-0.4, -0.2) is 22.1 Å². The Labute approximate surface area is 119 Å². The maximum Gasteiger partial charge on any atom is 0.348 e. The highest BCUT2D eigenvalue weighted by molar-refractivity contribution is 7.12. The molecule has 0 aliphatic rings. The van der Waals surface area contributed by atoms with Gasteiger partial charge in [0.25, 0.3) is 5.91 Å². The number of hydrogen-bond acceptors (Lipinski definition) is 4. The predicted octanol–water partition coefficient (Wildman–Crippen LogP) is 2.82. The molecule has 0 fully saturated rings. The van der Waals surface area contributed by atoms with Crippen molar-refractivity contribution in [2.75, 3.05) is 5.32 Å².